The smallest absolute Gasteiger partial charge is 0.131 e. The van der Waals surface area contributed by atoms with E-state index in [-0.39, 0.29) is 0 Å². The molecule has 0 N–H and O–H groups in total. The van der Waals surface area contributed by atoms with Gasteiger partial charge in [-0.05, 0) is 24.6 Å². The van der Waals surface area contributed by atoms with E-state index in [1.165, 1.54) is 22.0 Å². The van der Waals surface area contributed by atoms with E-state index in [9.17, 15) is 0 Å². The highest BCUT2D eigenvalue weighted by Crippen LogP contribution is 2.39. The zero-order chi connectivity index (χ0) is 10.3. The first-order valence-electron chi connectivity index (χ1n) is 4.97. The van der Waals surface area contributed by atoms with Crippen LogP contribution in [0.3, 0.4) is 0 Å². The Morgan fingerprint density at radius 3 is 2.80 bits per heavy atom. The Morgan fingerprint density at radius 2 is 1.87 bits per heavy atom. The summed E-state index contributed by atoms with van der Waals surface area (Å²) in [5.74, 6) is 1.01. The van der Waals surface area contributed by atoms with E-state index in [4.69, 9.17) is 4.52 Å². The fourth-order valence-electron chi connectivity index (χ4n) is 1.86. The van der Waals surface area contributed by atoms with Gasteiger partial charge in [-0.2, -0.15) is 0 Å². The van der Waals surface area contributed by atoms with Crippen LogP contribution < -0.4 is 9.83 Å². The van der Waals surface area contributed by atoms with Crippen molar-refractivity contribution in [3.63, 3.8) is 0 Å². The van der Waals surface area contributed by atoms with Crippen molar-refractivity contribution < 1.29 is 4.52 Å². The molecule has 0 saturated carbocycles. The van der Waals surface area contributed by atoms with Gasteiger partial charge in [-0.3, -0.25) is 0 Å². The lowest BCUT2D eigenvalue weighted by Gasteiger charge is -2.20. The van der Waals surface area contributed by atoms with Gasteiger partial charge in [0.05, 0.1) is 0 Å². The lowest BCUT2D eigenvalue weighted by atomic mass is 10.0. The predicted octanol–water partition coefficient (Wildman–Crippen LogP) is 3.27. The number of hydrogen-bond acceptors (Lipinski definition) is 1. The van der Waals surface area contributed by atoms with Crippen LogP contribution in [0.5, 0.6) is 5.75 Å². The molecule has 2 heteroatoms. The molecule has 1 heterocycles. The highest BCUT2D eigenvalue weighted by molar-refractivity contribution is 7.43. The third-order valence-electron chi connectivity index (χ3n) is 2.62. The summed E-state index contributed by atoms with van der Waals surface area (Å²) >= 11 is 0. The second kappa shape index (κ2) is 3.36. The molecule has 0 amide bonds. The average molecular weight is 214 g/mol. The fourth-order valence-corrected chi connectivity index (χ4v) is 2.75. The molecule has 2 aromatic carbocycles. The highest BCUT2D eigenvalue weighted by atomic mass is 31.1. The Balaban J connectivity index is 2.28. The Morgan fingerprint density at radius 1 is 1.00 bits per heavy atom. The van der Waals surface area contributed by atoms with Gasteiger partial charge in [0.1, 0.15) is 14.6 Å². The normalized spacial score (nSPS) is 14.2. The largest absolute Gasteiger partial charge is 0.472 e. The Hall–Kier alpha value is -1.33. The van der Waals surface area contributed by atoms with E-state index in [0.29, 0.717) is 8.81 Å². The number of benzene rings is 2. The van der Waals surface area contributed by atoms with Crippen LogP contribution in [-0.4, -0.2) is 0 Å². The van der Waals surface area contributed by atoms with Crippen molar-refractivity contribution in [3.8, 4) is 16.9 Å². The van der Waals surface area contributed by atoms with Crippen LogP contribution in [0.2, 0.25) is 0 Å². The monoisotopic (exact) mass is 214 g/mol. The fraction of sp³-hybridized carbons (Fsp3) is 0.0769. The Labute approximate surface area is 91.0 Å². The standard InChI is InChI=1S/C13H11OP/c1-9-6-7-12-11(8-9)10-4-2-3-5-13(10)15-14-12/h2-8,15H,1H3. The van der Waals surface area contributed by atoms with E-state index in [0.717, 1.165) is 5.75 Å². The molecule has 0 bridgehead atoms. The van der Waals surface area contributed by atoms with Gasteiger partial charge in [-0.1, -0.05) is 35.9 Å². The third kappa shape index (κ3) is 1.44. The lowest BCUT2D eigenvalue weighted by molar-refractivity contribution is 0.637. The molecule has 74 valence electrons. The van der Waals surface area contributed by atoms with Crippen molar-refractivity contribution in [1.82, 2.24) is 0 Å². The first-order valence-corrected chi connectivity index (χ1v) is 5.88. The topological polar surface area (TPSA) is 9.23 Å². The first-order chi connectivity index (χ1) is 7.34. The molecule has 0 aliphatic carbocycles. The number of fused-ring (bicyclic) bond motifs is 3. The maximum absolute atomic E-state index is 5.73. The summed E-state index contributed by atoms with van der Waals surface area (Å²) in [6, 6.07) is 14.8. The molecule has 15 heavy (non-hydrogen) atoms. The highest BCUT2D eigenvalue weighted by Gasteiger charge is 2.16. The maximum atomic E-state index is 5.73. The summed E-state index contributed by atoms with van der Waals surface area (Å²) < 4.78 is 5.73. The minimum absolute atomic E-state index is 0.437. The quantitative estimate of drug-likeness (QED) is 0.611. The molecular weight excluding hydrogens is 203 g/mol. The van der Waals surface area contributed by atoms with E-state index < -0.39 is 0 Å². The van der Waals surface area contributed by atoms with Gasteiger partial charge in [0, 0.05) is 10.9 Å². The molecular formula is C13H11OP. The van der Waals surface area contributed by atoms with Gasteiger partial charge in [0.2, 0.25) is 0 Å². The predicted molar refractivity (Wildman–Crippen MR) is 65.2 cm³/mol. The van der Waals surface area contributed by atoms with Crippen molar-refractivity contribution >= 4 is 14.1 Å². The summed E-state index contributed by atoms with van der Waals surface area (Å²) in [5.41, 5.74) is 3.82. The maximum Gasteiger partial charge on any atom is 0.131 e. The van der Waals surface area contributed by atoms with Crippen LogP contribution in [-0.2, 0) is 0 Å². The number of hydrogen-bond donors (Lipinski definition) is 0. The zero-order valence-electron chi connectivity index (χ0n) is 8.45. The molecule has 1 atom stereocenters. The molecule has 3 rings (SSSR count). The van der Waals surface area contributed by atoms with Crippen LogP contribution in [0.25, 0.3) is 11.1 Å². The number of aryl methyl sites for hydroxylation is 1. The lowest BCUT2D eigenvalue weighted by Crippen LogP contribution is -2.07. The first kappa shape index (κ1) is 8.94. The summed E-state index contributed by atoms with van der Waals surface area (Å²) in [5, 5.41) is 1.30. The van der Waals surface area contributed by atoms with Crippen LogP contribution in [0.15, 0.2) is 42.5 Å². The van der Waals surface area contributed by atoms with Gasteiger partial charge in [0.15, 0.2) is 0 Å². The minimum atomic E-state index is 0.437. The summed E-state index contributed by atoms with van der Waals surface area (Å²) in [6.07, 6.45) is 0. The summed E-state index contributed by atoms with van der Waals surface area (Å²) in [6.45, 7) is 2.11. The molecule has 0 fully saturated rings. The van der Waals surface area contributed by atoms with Crippen molar-refractivity contribution in [2.45, 2.75) is 6.92 Å². The van der Waals surface area contributed by atoms with Gasteiger partial charge in [0.25, 0.3) is 0 Å². The molecule has 1 aliphatic heterocycles. The van der Waals surface area contributed by atoms with Crippen LogP contribution in [0.4, 0.5) is 0 Å². The number of rotatable bonds is 0. The molecule has 0 aromatic heterocycles. The zero-order valence-corrected chi connectivity index (χ0v) is 9.45. The third-order valence-corrected chi connectivity index (χ3v) is 3.60. The van der Waals surface area contributed by atoms with Gasteiger partial charge < -0.3 is 4.52 Å². The SMILES string of the molecule is Cc1ccc2c(c1)-c1ccccc1PO2. The van der Waals surface area contributed by atoms with Gasteiger partial charge in [-0.25, -0.2) is 0 Å². The molecule has 0 radical (unpaired) electrons. The van der Waals surface area contributed by atoms with Gasteiger partial charge >= 0.3 is 0 Å². The van der Waals surface area contributed by atoms with Crippen molar-refractivity contribution in [1.29, 1.82) is 0 Å². The summed E-state index contributed by atoms with van der Waals surface area (Å²) in [4.78, 5) is 0. The van der Waals surface area contributed by atoms with Crippen LogP contribution in [0, 0.1) is 6.92 Å². The minimum Gasteiger partial charge on any atom is -0.472 e. The van der Waals surface area contributed by atoms with Gasteiger partial charge in [-0.15, -0.1) is 0 Å². The van der Waals surface area contributed by atoms with Crippen molar-refractivity contribution in [2.75, 3.05) is 0 Å². The summed E-state index contributed by atoms with van der Waals surface area (Å²) in [7, 11) is 0.437. The molecule has 1 unspecified atom stereocenters. The van der Waals surface area contributed by atoms with E-state index in [1.54, 1.807) is 0 Å². The van der Waals surface area contributed by atoms with E-state index in [1.807, 2.05) is 0 Å². The average Bonchev–Trinajstić information content (AvgIpc) is 2.29. The second-order valence-electron chi connectivity index (χ2n) is 3.75. The second-order valence-corrected chi connectivity index (χ2v) is 4.70. The molecule has 1 aliphatic rings. The Kier molecular flexibility index (Phi) is 2.00. The van der Waals surface area contributed by atoms with Crippen LogP contribution >= 0.6 is 8.81 Å². The van der Waals surface area contributed by atoms with E-state index in [2.05, 4.69) is 49.4 Å². The molecule has 0 saturated heterocycles. The van der Waals surface area contributed by atoms with Crippen LogP contribution in [0.1, 0.15) is 5.56 Å². The van der Waals surface area contributed by atoms with Crippen molar-refractivity contribution in [2.24, 2.45) is 0 Å². The van der Waals surface area contributed by atoms with Crippen molar-refractivity contribution in [3.05, 3.63) is 48.0 Å². The molecule has 2 aromatic rings. The molecule has 1 nitrogen and oxygen atoms in total. The van der Waals surface area contributed by atoms with E-state index >= 15 is 0 Å². The Bertz CT molecular complexity index is 520. The molecule has 0 spiro atoms.